The molecule has 0 amide bonds. The fourth-order valence-corrected chi connectivity index (χ4v) is 4.02. The molecule has 1 N–H and O–H groups in total. The molecule has 2 aliphatic heterocycles. The first-order valence-corrected chi connectivity index (χ1v) is 7.47. The van der Waals surface area contributed by atoms with Gasteiger partial charge in [0, 0.05) is 13.1 Å². The largest absolute Gasteiger partial charge is 0.317 e. The minimum absolute atomic E-state index is 0.949. The number of piperidine rings is 1. The summed E-state index contributed by atoms with van der Waals surface area (Å²) in [6, 6.07) is 0. The van der Waals surface area contributed by atoms with Crippen LogP contribution in [0.4, 0.5) is 0 Å². The van der Waals surface area contributed by atoms with Gasteiger partial charge in [-0.3, -0.25) is 0 Å². The van der Waals surface area contributed by atoms with Crippen molar-refractivity contribution in [3.8, 4) is 0 Å². The van der Waals surface area contributed by atoms with E-state index >= 15 is 0 Å². The Hall–Kier alpha value is 0.270. The first kappa shape index (κ1) is 11.7. The lowest BCUT2D eigenvalue weighted by Gasteiger charge is -2.28. The zero-order chi connectivity index (χ0) is 10.5. The van der Waals surface area contributed by atoms with Crippen LogP contribution in [0.5, 0.6) is 0 Å². The first-order chi connectivity index (χ1) is 7.34. The maximum Gasteiger partial charge on any atom is 0.00149 e. The molecular weight excluding hydrogens is 204 g/mol. The lowest BCUT2D eigenvalue weighted by atomic mass is 9.97. The average Bonchev–Trinajstić information content (AvgIpc) is 2.71. The van der Waals surface area contributed by atoms with Gasteiger partial charge in [0.15, 0.2) is 0 Å². The van der Waals surface area contributed by atoms with Crippen molar-refractivity contribution >= 4 is 11.8 Å². The van der Waals surface area contributed by atoms with Gasteiger partial charge >= 0.3 is 0 Å². The van der Waals surface area contributed by atoms with Crippen molar-refractivity contribution in [2.24, 2.45) is 11.8 Å². The molecule has 0 radical (unpaired) electrons. The molecule has 0 spiro atoms. The molecule has 2 saturated heterocycles. The van der Waals surface area contributed by atoms with Gasteiger partial charge in [-0.05, 0) is 62.7 Å². The zero-order valence-electron chi connectivity index (χ0n) is 9.87. The summed E-state index contributed by atoms with van der Waals surface area (Å²) >= 11 is 2.13. The van der Waals surface area contributed by atoms with E-state index in [4.69, 9.17) is 0 Å². The maximum atomic E-state index is 3.44. The molecule has 0 saturated carbocycles. The van der Waals surface area contributed by atoms with Gasteiger partial charge in [0.05, 0.1) is 0 Å². The van der Waals surface area contributed by atoms with Crippen LogP contribution < -0.4 is 5.32 Å². The number of nitrogens with one attached hydrogen (secondary N) is 1. The van der Waals surface area contributed by atoms with E-state index in [0.29, 0.717) is 0 Å². The molecule has 0 aromatic carbocycles. The van der Waals surface area contributed by atoms with E-state index in [1.807, 2.05) is 0 Å². The first-order valence-electron chi connectivity index (χ1n) is 6.31. The summed E-state index contributed by atoms with van der Waals surface area (Å²) in [6.45, 7) is 5.12. The van der Waals surface area contributed by atoms with Crippen LogP contribution in [0.3, 0.4) is 0 Å². The standard InChI is InChI=1S/C12H24N2S/c1-14(9-12-4-7-15-10-12)8-11-2-5-13-6-3-11/h11-13H,2-10H2,1H3. The molecule has 2 heterocycles. The summed E-state index contributed by atoms with van der Waals surface area (Å²) in [5, 5.41) is 3.44. The Balaban J connectivity index is 1.64. The smallest absolute Gasteiger partial charge is 0.00149 e. The molecule has 2 aliphatic rings. The average molecular weight is 228 g/mol. The van der Waals surface area contributed by atoms with Gasteiger partial charge in [-0.25, -0.2) is 0 Å². The normalized spacial score (nSPS) is 28.8. The predicted octanol–water partition coefficient (Wildman–Crippen LogP) is 1.67. The second kappa shape index (κ2) is 6.12. The molecule has 15 heavy (non-hydrogen) atoms. The lowest BCUT2D eigenvalue weighted by Crippen LogP contribution is -2.36. The molecule has 2 rings (SSSR count). The van der Waals surface area contributed by atoms with Crippen molar-refractivity contribution in [3.05, 3.63) is 0 Å². The van der Waals surface area contributed by atoms with Crippen molar-refractivity contribution < 1.29 is 0 Å². The Morgan fingerprint density at radius 3 is 2.53 bits per heavy atom. The molecule has 2 nitrogen and oxygen atoms in total. The van der Waals surface area contributed by atoms with Crippen LogP contribution in [0.1, 0.15) is 19.3 Å². The highest BCUT2D eigenvalue weighted by Gasteiger charge is 2.20. The Labute approximate surface area is 98.2 Å². The van der Waals surface area contributed by atoms with Crippen LogP contribution in [-0.4, -0.2) is 49.6 Å². The van der Waals surface area contributed by atoms with Gasteiger partial charge in [-0.1, -0.05) is 0 Å². The van der Waals surface area contributed by atoms with Crippen LogP contribution in [-0.2, 0) is 0 Å². The van der Waals surface area contributed by atoms with E-state index in [0.717, 1.165) is 11.8 Å². The van der Waals surface area contributed by atoms with Gasteiger partial charge in [0.2, 0.25) is 0 Å². The number of hydrogen-bond acceptors (Lipinski definition) is 3. The van der Waals surface area contributed by atoms with Crippen molar-refractivity contribution in [3.63, 3.8) is 0 Å². The summed E-state index contributed by atoms with van der Waals surface area (Å²) < 4.78 is 0. The summed E-state index contributed by atoms with van der Waals surface area (Å²) in [7, 11) is 2.31. The third-order valence-corrected chi connectivity index (χ3v) is 4.85. The van der Waals surface area contributed by atoms with Crippen molar-refractivity contribution in [2.75, 3.05) is 44.7 Å². The van der Waals surface area contributed by atoms with Crippen LogP contribution in [0, 0.1) is 11.8 Å². The van der Waals surface area contributed by atoms with E-state index in [2.05, 4.69) is 29.0 Å². The van der Waals surface area contributed by atoms with Gasteiger partial charge in [0.25, 0.3) is 0 Å². The van der Waals surface area contributed by atoms with Gasteiger partial charge < -0.3 is 10.2 Å². The molecular formula is C12H24N2S. The van der Waals surface area contributed by atoms with E-state index in [-0.39, 0.29) is 0 Å². The fourth-order valence-electron chi connectivity index (χ4n) is 2.75. The Morgan fingerprint density at radius 2 is 1.87 bits per heavy atom. The number of thioether (sulfide) groups is 1. The minimum Gasteiger partial charge on any atom is -0.317 e. The number of rotatable bonds is 4. The molecule has 0 aliphatic carbocycles. The SMILES string of the molecule is CN(CC1CCNCC1)CC1CCSC1. The highest BCUT2D eigenvalue weighted by atomic mass is 32.2. The van der Waals surface area contributed by atoms with Crippen molar-refractivity contribution in [1.82, 2.24) is 10.2 Å². The second-order valence-corrected chi connectivity index (χ2v) is 6.29. The third kappa shape index (κ3) is 3.97. The fraction of sp³-hybridized carbons (Fsp3) is 1.00. The van der Waals surface area contributed by atoms with Crippen molar-refractivity contribution in [1.29, 1.82) is 0 Å². The third-order valence-electron chi connectivity index (χ3n) is 3.62. The maximum absolute atomic E-state index is 3.44. The lowest BCUT2D eigenvalue weighted by molar-refractivity contribution is 0.219. The molecule has 1 unspecified atom stereocenters. The quantitative estimate of drug-likeness (QED) is 0.788. The monoisotopic (exact) mass is 228 g/mol. The van der Waals surface area contributed by atoms with E-state index in [9.17, 15) is 0 Å². The Kier molecular flexibility index (Phi) is 4.79. The molecule has 1 atom stereocenters. The highest BCUT2D eigenvalue weighted by molar-refractivity contribution is 7.99. The Bertz CT molecular complexity index is 174. The van der Waals surface area contributed by atoms with Crippen LogP contribution in [0.2, 0.25) is 0 Å². The molecule has 0 aromatic rings. The molecule has 0 bridgehead atoms. The van der Waals surface area contributed by atoms with Crippen molar-refractivity contribution in [2.45, 2.75) is 19.3 Å². The number of hydrogen-bond donors (Lipinski definition) is 1. The van der Waals surface area contributed by atoms with Gasteiger partial charge in [0.1, 0.15) is 0 Å². The molecule has 2 fully saturated rings. The topological polar surface area (TPSA) is 15.3 Å². The molecule has 88 valence electrons. The number of nitrogens with zero attached hydrogens (tertiary/aromatic N) is 1. The summed E-state index contributed by atoms with van der Waals surface area (Å²) in [4.78, 5) is 2.58. The molecule has 3 heteroatoms. The predicted molar refractivity (Wildman–Crippen MR) is 68.5 cm³/mol. The molecule has 0 aromatic heterocycles. The summed E-state index contributed by atoms with van der Waals surface area (Å²) in [5.41, 5.74) is 0. The zero-order valence-corrected chi connectivity index (χ0v) is 10.7. The van der Waals surface area contributed by atoms with Gasteiger partial charge in [-0.15, -0.1) is 0 Å². The van der Waals surface area contributed by atoms with Gasteiger partial charge in [-0.2, -0.15) is 11.8 Å². The van der Waals surface area contributed by atoms with E-state index in [1.165, 1.54) is 56.9 Å². The Morgan fingerprint density at radius 1 is 1.13 bits per heavy atom. The van der Waals surface area contributed by atoms with Crippen LogP contribution in [0.15, 0.2) is 0 Å². The minimum atomic E-state index is 0.949. The summed E-state index contributed by atoms with van der Waals surface area (Å²) in [5.74, 6) is 4.72. The highest BCUT2D eigenvalue weighted by Crippen LogP contribution is 2.24. The van der Waals surface area contributed by atoms with Crippen LogP contribution in [0.25, 0.3) is 0 Å². The van der Waals surface area contributed by atoms with Crippen LogP contribution >= 0.6 is 11.8 Å². The van der Waals surface area contributed by atoms with E-state index < -0.39 is 0 Å². The second-order valence-electron chi connectivity index (χ2n) is 5.14. The van der Waals surface area contributed by atoms with E-state index in [1.54, 1.807) is 0 Å². The summed E-state index contributed by atoms with van der Waals surface area (Å²) in [6.07, 6.45) is 4.20.